The maximum Gasteiger partial charge on any atom is 0.269 e. The maximum atomic E-state index is 14.3. The van der Waals surface area contributed by atoms with Crippen LogP contribution in [0.2, 0.25) is 10.2 Å². The molecule has 1 aromatic heterocycles. The van der Waals surface area contributed by atoms with Gasteiger partial charge in [-0.1, -0.05) is 54.8 Å². The molecule has 0 aliphatic carbocycles. The van der Waals surface area contributed by atoms with E-state index < -0.39 is 15.8 Å². The highest BCUT2D eigenvalue weighted by atomic mass is 35.5. The predicted molar refractivity (Wildman–Crippen MR) is 126 cm³/mol. The van der Waals surface area contributed by atoms with E-state index in [1.54, 1.807) is 25.1 Å². The number of H-pyrrole nitrogens is 1. The lowest BCUT2D eigenvalue weighted by Gasteiger charge is -2.25. The van der Waals surface area contributed by atoms with Crippen molar-refractivity contribution < 1.29 is 17.9 Å². The van der Waals surface area contributed by atoms with Gasteiger partial charge in [0.1, 0.15) is 21.6 Å². The van der Waals surface area contributed by atoms with Gasteiger partial charge in [-0.3, -0.25) is 9.40 Å². The van der Waals surface area contributed by atoms with E-state index in [1.165, 1.54) is 24.3 Å². The first-order valence-electron chi connectivity index (χ1n) is 9.84. The Kier molecular flexibility index (Phi) is 7.48. The summed E-state index contributed by atoms with van der Waals surface area (Å²) in [5.74, 6) is -0.685. The molecule has 0 saturated heterocycles. The second-order valence-corrected chi connectivity index (χ2v) is 9.77. The molecule has 6 nitrogen and oxygen atoms in total. The molecule has 170 valence electrons. The topological polar surface area (TPSA) is 86.3 Å². The quantitative estimate of drug-likeness (QED) is 0.367. The Morgan fingerprint density at radius 3 is 2.66 bits per heavy atom. The standard InChI is InChI=1S/C22H22Cl2FN3O3S/c1-3-4-10-28(32(30,31)20-13-26-27-22(20)24)18-12-15(8-9-19(18)29)11-14(2)21-16(23)6-5-7-17(21)25/h5-9,11-13,29H,3-4,10H2,1-2H3,(H,26,27)/b14-11+. The van der Waals surface area contributed by atoms with Crippen LogP contribution in [0.1, 0.15) is 37.8 Å². The summed E-state index contributed by atoms with van der Waals surface area (Å²) >= 11 is 12.1. The third-order valence-corrected chi connectivity index (χ3v) is 7.39. The zero-order valence-electron chi connectivity index (χ0n) is 17.4. The molecule has 3 rings (SSSR count). The van der Waals surface area contributed by atoms with Crippen molar-refractivity contribution in [3.05, 3.63) is 69.7 Å². The Morgan fingerprint density at radius 1 is 1.28 bits per heavy atom. The first-order chi connectivity index (χ1) is 15.2. The molecule has 0 atom stereocenters. The summed E-state index contributed by atoms with van der Waals surface area (Å²) in [4.78, 5) is -0.190. The first kappa shape index (κ1) is 24.1. The summed E-state index contributed by atoms with van der Waals surface area (Å²) in [6.07, 6.45) is 4.08. The van der Waals surface area contributed by atoms with Crippen molar-refractivity contribution in [2.24, 2.45) is 0 Å². The molecule has 0 aliphatic rings. The number of allylic oxidation sites excluding steroid dienone is 1. The Labute approximate surface area is 196 Å². The molecule has 32 heavy (non-hydrogen) atoms. The first-order valence-corrected chi connectivity index (χ1v) is 12.0. The molecule has 0 bridgehead atoms. The van der Waals surface area contributed by atoms with E-state index in [-0.39, 0.29) is 38.6 Å². The van der Waals surface area contributed by atoms with Gasteiger partial charge in [0, 0.05) is 12.1 Å². The molecular weight excluding hydrogens is 476 g/mol. The number of halogens is 3. The fourth-order valence-corrected chi connectivity index (χ4v) is 5.43. The van der Waals surface area contributed by atoms with E-state index in [4.69, 9.17) is 23.2 Å². The highest BCUT2D eigenvalue weighted by molar-refractivity contribution is 7.93. The lowest BCUT2D eigenvalue weighted by Crippen LogP contribution is -2.32. The number of hydrogen-bond acceptors (Lipinski definition) is 4. The zero-order chi connectivity index (χ0) is 23.5. The Bertz CT molecular complexity index is 1240. The van der Waals surface area contributed by atoms with Crippen LogP contribution in [0.3, 0.4) is 0 Å². The number of aromatic hydroxyl groups is 1. The van der Waals surface area contributed by atoms with Gasteiger partial charge >= 0.3 is 0 Å². The van der Waals surface area contributed by atoms with E-state index in [9.17, 15) is 17.9 Å². The number of unbranched alkanes of at least 4 members (excludes halogenated alkanes) is 1. The maximum absolute atomic E-state index is 14.3. The third kappa shape index (κ3) is 4.92. The van der Waals surface area contributed by atoms with E-state index in [0.29, 0.717) is 17.6 Å². The molecule has 0 amide bonds. The molecule has 2 aromatic carbocycles. The second-order valence-electron chi connectivity index (χ2n) is 7.15. The van der Waals surface area contributed by atoms with Crippen molar-refractivity contribution in [1.29, 1.82) is 0 Å². The van der Waals surface area contributed by atoms with Crippen LogP contribution in [-0.4, -0.2) is 30.3 Å². The highest BCUT2D eigenvalue weighted by Gasteiger charge is 2.30. The van der Waals surface area contributed by atoms with Gasteiger partial charge in [0.05, 0.1) is 16.9 Å². The minimum absolute atomic E-state index is 0.0805. The lowest BCUT2D eigenvalue weighted by molar-refractivity contribution is 0.475. The number of phenols is 1. The Hall–Kier alpha value is -2.55. The van der Waals surface area contributed by atoms with Gasteiger partial charge in [-0.15, -0.1) is 0 Å². The number of hydrogen-bond donors (Lipinski definition) is 2. The number of phenolic OH excluding ortho intramolecular Hbond substituents is 1. The summed E-state index contributed by atoms with van der Waals surface area (Å²) in [5.41, 5.74) is 1.44. The SMILES string of the molecule is CCCCN(c1cc(/C=C(\C)c2c(F)cccc2Cl)ccc1O)S(=O)(=O)c1cn[nH]c1Cl. The Balaban J connectivity index is 2.10. The number of sulfonamides is 1. The summed E-state index contributed by atoms with van der Waals surface area (Å²) < 4.78 is 42.0. The van der Waals surface area contributed by atoms with Crippen molar-refractivity contribution >= 4 is 50.6 Å². The van der Waals surface area contributed by atoms with E-state index >= 15 is 0 Å². The molecule has 1 heterocycles. The van der Waals surface area contributed by atoms with Gasteiger partial charge in [0.2, 0.25) is 0 Å². The zero-order valence-corrected chi connectivity index (χ0v) is 19.8. The van der Waals surface area contributed by atoms with Crippen molar-refractivity contribution in [3.8, 4) is 5.75 Å². The summed E-state index contributed by atoms with van der Waals surface area (Å²) in [7, 11) is -4.10. The number of aromatic amines is 1. The molecular formula is C22H22Cl2FN3O3S. The Morgan fingerprint density at radius 2 is 2.03 bits per heavy atom. The second kappa shape index (κ2) is 9.94. The summed E-state index contributed by atoms with van der Waals surface area (Å²) in [5, 5.41) is 16.8. The molecule has 0 aliphatic heterocycles. The predicted octanol–water partition coefficient (Wildman–Crippen LogP) is 6.12. The largest absolute Gasteiger partial charge is 0.506 e. The number of benzene rings is 2. The number of aromatic nitrogens is 2. The van der Waals surface area contributed by atoms with Crippen LogP contribution < -0.4 is 4.31 Å². The third-order valence-electron chi connectivity index (χ3n) is 4.85. The molecule has 0 spiro atoms. The van der Waals surface area contributed by atoms with Crippen LogP contribution >= 0.6 is 23.2 Å². The molecule has 0 fully saturated rings. The minimum atomic E-state index is -4.10. The van der Waals surface area contributed by atoms with E-state index in [0.717, 1.165) is 16.9 Å². The number of anilines is 1. The number of nitrogens with zero attached hydrogens (tertiary/aromatic N) is 2. The van der Waals surface area contributed by atoms with Gasteiger partial charge in [-0.05, 0) is 48.7 Å². The van der Waals surface area contributed by atoms with Gasteiger partial charge in [0.15, 0.2) is 0 Å². The van der Waals surface area contributed by atoms with Crippen LogP contribution in [0.4, 0.5) is 10.1 Å². The monoisotopic (exact) mass is 497 g/mol. The van der Waals surface area contributed by atoms with Crippen molar-refractivity contribution in [2.45, 2.75) is 31.6 Å². The summed E-state index contributed by atoms with van der Waals surface area (Å²) in [6.45, 7) is 3.75. The fraction of sp³-hybridized carbons (Fsp3) is 0.227. The van der Waals surface area contributed by atoms with E-state index in [1.807, 2.05) is 6.92 Å². The molecule has 0 saturated carbocycles. The van der Waals surface area contributed by atoms with Crippen LogP contribution in [0.5, 0.6) is 5.75 Å². The molecule has 0 radical (unpaired) electrons. The van der Waals surface area contributed by atoms with Crippen molar-refractivity contribution in [2.75, 3.05) is 10.8 Å². The molecule has 0 unspecified atom stereocenters. The van der Waals surface area contributed by atoms with Crippen LogP contribution in [0, 0.1) is 5.82 Å². The lowest BCUT2D eigenvalue weighted by atomic mass is 10.0. The van der Waals surface area contributed by atoms with Crippen molar-refractivity contribution in [1.82, 2.24) is 10.2 Å². The summed E-state index contributed by atoms with van der Waals surface area (Å²) in [6, 6.07) is 8.94. The number of rotatable bonds is 8. The van der Waals surface area contributed by atoms with Gasteiger partial charge in [0.25, 0.3) is 10.0 Å². The molecule has 3 aromatic rings. The van der Waals surface area contributed by atoms with Crippen LogP contribution in [-0.2, 0) is 10.0 Å². The van der Waals surface area contributed by atoms with Gasteiger partial charge < -0.3 is 5.11 Å². The smallest absolute Gasteiger partial charge is 0.269 e. The average molecular weight is 498 g/mol. The van der Waals surface area contributed by atoms with E-state index in [2.05, 4.69) is 10.2 Å². The van der Waals surface area contributed by atoms with Crippen molar-refractivity contribution in [3.63, 3.8) is 0 Å². The molecule has 10 heteroatoms. The average Bonchev–Trinajstić information content (AvgIpc) is 3.17. The highest BCUT2D eigenvalue weighted by Crippen LogP contribution is 2.36. The number of nitrogens with one attached hydrogen (secondary N) is 1. The molecule has 2 N–H and O–H groups in total. The van der Waals surface area contributed by atoms with Crippen LogP contribution in [0.15, 0.2) is 47.5 Å². The minimum Gasteiger partial charge on any atom is -0.506 e. The fourth-order valence-electron chi connectivity index (χ4n) is 3.26. The van der Waals surface area contributed by atoms with Gasteiger partial charge in [-0.2, -0.15) is 5.10 Å². The van der Waals surface area contributed by atoms with Gasteiger partial charge in [-0.25, -0.2) is 12.8 Å². The van der Waals surface area contributed by atoms with Crippen LogP contribution in [0.25, 0.3) is 11.6 Å². The normalized spacial score (nSPS) is 12.2.